The molecule has 0 aliphatic heterocycles. The molecule has 0 aliphatic rings. The van der Waals surface area contributed by atoms with Crippen molar-refractivity contribution in [3.05, 3.63) is 78.4 Å². The molecular weight excluding hydrogens is 300 g/mol. The standard InChI is InChI=1S/C20H20N2O2/c21-12-11-15-3-1-4-18(13-15)24-20-6-2-5-19(14-20)23-17-9-7-16(22)8-10-17/h1-10,13-14H,11-12,21-22H2. The van der Waals surface area contributed by atoms with Gasteiger partial charge in [-0.15, -0.1) is 0 Å². The summed E-state index contributed by atoms with van der Waals surface area (Å²) in [5.74, 6) is 2.93. The summed E-state index contributed by atoms with van der Waals surface area (Å²) in [7, 11) is 0. The van der Waals surface area contributed by atoms with Crippen molar-refractivity contribution in [1.29, 1.82) is 0 Å². The normalized spacial score (nSPS) is 10.4. The molecule has 0 aromatic heterocycles. The van der Waals surface area contributed by atoms with Crippen molar-refractivity contribution in [3.63, 3.8) is 0 Å². The van der Waals surface area contributed by atoms with E-state index in [-0.39, 0.29) is 0 Å². The van der Waals surface area contributed by atoms with Gasteiger partial charge >= 0.3 is 0 Å². The number of nitrogen functional groups attached to an aromatic ring is 1. The summed E-state index contributed by atoms with van der Waals surface area (Å²) in [6.07, 6.45) is 0.831. The van der Waals surface area contributed by atoms with Gasteiger partial charge < -0.3 is 20.9 Å². The number of nitrogens with two attached hydrogens (primary N) is 2. The fourth-order valence-electron chi connectivity index (χ4n) is 2.34. The summed E-state index contributed by atoms with van der Waals surface area (Å²) in [5, 5.41) is 0. The quantitative estimate of drug-likeness (QED) is 0.662. The van der Waals surface area contributed by atoms with E-state index < -0.39 is 0 Å². The van der Waals surface area contributed by atoms with E-state index in [2.05, 4.69) is 0 Å². The number of hydrogen-bond acceptors (Lipinski definition) is 4. The molecule has 0 atom stereocenters. The van der Waals surface area contributed by atoms with Crippen LogP contribution in [0.4, 0.5) is 5.69 Å². The Bertz CT molecular complexity index is 801. The molecule has 0 spiro atoms. The first-order chi connectivity index (χ1) is 11.7. The minimum atomic E-state index is 0.619. The van der Waals surface area contributed by atoms with Gasteiger partial charge in [-0.3, -0.25) is 0 Å². The van der Waals surface area contributed by atoms with Crippen LogP contribution in [0.1, 0.15) is 5.56 Å². The maximum absolute atomic E-state index is 5.92. The molecule has 4 nitrogen and oxygen atoms in total. The van der Waals surface area contributed by atoms with Crippen LogP contribution in [-0.4, -0.2) is 6.54 Å². The SMILES string of the molecule is NCCc1cccc(Oc2cccc(Oc3ccc(N)cc3)c2)c1. The van der Waals surface area contributed by atoms with Crippen LogP contribution in [-0.2, 0) is 6.42 Å². The summed E-state index contributed by atoms with van der Waals surface area (Å²) in [6, 6.07) is 22.7. The molecule has 0 saturated carbocycles. The van der Waals surface area contributed by atoms with E-state index in [0.29, 0.717) is 23.7 Å². The molecule has 3 aromatic rings. The average Bonchev–Trinajstić information content (AvgIpc) is 2.58. The second-order valence-corrected chi connectivity index (χ2v) is 5.43. The first-order valence-corrected chi connectivity index (χ1v) is 7.83. The van der Waals surface area contributed by atoms with Gasteiger partial charge in [0, 0.05) is 11.8 Å². The predicted molar refractivity (Wildman–Crippen MR) is 96.6 cm³/mol. The Morgan fingerprint density at radius 1 is 0.667 bits per heavy atom. The Balaban J connectivity index is 1.73. The molecule has 0 saturated heterocycles. The van der Waals surface area contributed by atoms with Crippen LogP contribution in [0.15, 0.2) is 72.8 Å². The van der Waals surface area contributed by atoms with Crippen molar-refractivity contribution in [2.24, 2.45) is 5.73 Å². The van der Waals surface area contributed by atoms with Crippen LogP contribution < -0.4 is 20.9 Å². The van der Waals surface area contributed by atoms with Gasteiger partial charge in [0.2, 0.25) is 0 Å². The van der Waals surface area contributed by atoms with Gasteiger partial charge in [0.1, 0.15) is 23.0 Å². The zero-order valence-electron chi connectivity index (χ0n) is 13.3. The smallest absolute Gasteiger partial charge is 0.131 e. The highest BCUT2D eigenvalue weighted by atomic mass is 16.5. The molecule has 122 valence electrons. The minimum Gasteiger partial charge on any atom is -0.457 e. The predicted octanol–water partition coefficient (Wildman–Crippen LogP) is 4.35. The summed E-state index contributed by atoms with van der Waals surface area (Å²) in [5.41, 5.74) is 13.1. The van der Waals surface area contributed by atoms with Crippen molar-refractivity contribution >= 4 is 5.69 Å². The van der Waals surface area contributed by atoms with Gasteiger partial charge in [-0.1, -0.05) is 18.2 Å². The molecule has 4 heteroatoms. The highest BCUT2D eigenvalue weighted by Crippen LogP contribution is 2.29. The Kier molecular flexibility index (Phi) is 4.99. The molecule has 24 heavy (non-hydrogen) atoms. The number of ether oxygens (including phenoxy) is 2. The van der Waals surface area contributed by atoms with Crippen LogP contribution in [0.2, 0.25) is 0 Å². The average molecular weight is 320 g/mol. The van der Waals surface area contributed by atoms with Crippen molar-refractivity contribution in [1.82, 2.24) is 0 Å². The number of rotatable bonds is 6. The van der Waals surface area contributed by atoms with Crippen LogP contribution in [0.25, 0.3) is 0 Å². The largest absolute Gasteiger partial charge is 0.457 e. The molecule has 0 bridgehead atoms. The number of hydrogen-bond donors (Lipinski definition) is 2. The Morgan fingerprint density at radius 3 is 1.92 bits per heavy atom. The van der Waals surface area contributed by atoms with Crippen LogP contribution in [0.5, 0.6) is 23.0 Å². The van der Waals surface area contributed by atoms with E-state index in [1.807, 2.05) is 60.7 Å². The van der Waals surface area contributed by atoms with Crippen LogP contribution in [0, 0.1) is 0 Å². The van der Waals surface area contributed by atoms with Gasteiger partial charge in [0.25, 0.3) is 0 Å². The maximum Gasteiger partial charge on any atom is 0.131 e. The van der Waals surface area contributed by atoms with Crippen molar-refractivity contribution in [2.45, 2.75) is 6.42 Å². The lowest BCUT2D eigenvalue weighted by molar-refractivity contribution is 0.460. The second kappa shape index (κ2) is 7.53. The van der Waals surface area contributed by atoms with Crippen LogP contribution in [0.3, 0.4) is 0 Å². The zero-order valence-corrected chi connectivity index (χ0v) is 13.3. The monoisotopic (exact) mass is 320 g/mol. The molecule has 0 unspecified atom stereocenters. The first-order valence-electron chi connectivity index (χ1n) is 7.83. The molecule has 4 N–H and O–H groups in total. The Hall–Kier alpha value is -2.98. The topological polar surface area (TPSA) is 70.5 Å². The van der Waals surface area contributed by atoms with E-state index in [1.165, 1.54) is 0 Å². The molecule has 3 rings (SSSR count). The van der Waals surface area contributed by atoms with Crippen LogP contribution >= 0.6 is 0 Å². The maximum atomic E-state index is 5.92. The lowest BCUT2D eigenvalue weighted by Crippen LogP contribution is -2.02. The third-order valence-electron chi connectivity index (χ3n) is 3.49. The fraction of sp³-hybridized carbons (Fsp3) is 0.100. The summed E-state index contributed by atoms with van der Waals surface area (Å²) in [4.78, 5) is 0. The summed E-state index contributed by atoms with van der Waals surface area (Å²) >= 11 is 0. The third kappa shape index (κ3) is 4.27. The fourth-order valence-corrected chi connectivity index (χ4v) is 2.34. The minimum absolute atomic E-state index is 0.619. The van der Waals surface area contributed by atoms with E-state index in [9.17, 15) is 0 Å². The molecule has 0 fully saturated rings. The number of anilines is 1. The summed E-state index contributed by atoms with van der Waals surface area (Å²) < 4.78 is 11.7. The lowest BCUT2D eigenvalue weighted by atomic mass is 10.1. The highest BCUT2D eigenvalue weighted by molar-refractivity contribution is 5.44. The van der Waals surface area contributed by atoms with Crippen molar-refractivity contribution < 1.29 is 9.47 Å². The molecule has 3 aromatic carbocycles. The van der Waals surface area contributed by atoms with E-state index in [1.54, 1.807) is 12.1 Å². The van der Waals surface area contributed by atoms with E-state index in [0.717, 1.165) is 23.5 Å². The van der Waals surface area contributed by atoms with Gasteiger partial charge in [0.05, 0.1) is 0 Å². The van der Waals surface area contributed by atoms with Crippen molar-refractivity contribution in [3.8, 4) is 23.0 Å². The first kappa shape index (κ1) is 15.9. The van der Waals surface area contributed by atoms with E-state index in [4.69, 9.17) is 20.9 Å². The second-order valence-electron chi connectivity index (χ2n) is 5.43. The van der Waals surface area contributed by atoms with Gasteiger partial charge in [-0.25, -0.2) is 0 Å². The van der Waals surface area contributed by atoms with Gasteiger partial charge in [-0.05, 0) is 67.1 Å². The third-order valence-corrected chi connectivity index (χ3v) is 3.49. The molecular formula is C20H20N2O2. The Labute approximate surface area is 141 Å². The molecule has 0 radical (unpaired) electrons. The highest BCUT2D eigenvalue weighted by Gasteiger charge is 2.03. The Morgan fingerprint density at radius 2 is 1.25 bits per heavy atom. The molecule has 0 amide bonds. The summed E-state index contributed by atoms with van der Waals surface area (Å²) in [6.45, 7) is 0.619. The lowest BCUT2D eigenvalue weighted by Gasteiger charge is -2.10. The van der Waals surface area contributed by atoms with E-state index >= 15 is 0 Å². The van der Waals surface area contributed by atoms with Crippen molar-refractivity contribution in [2.75, 3.05) is 12.3 Å². The number of benzene rings is 3. The molecule has 0 heterocycles. The van der Waals surface area contributed by atoms with Gasteiger partial charge in [0.15, 0.2) is 0 Å². The zero-order chi connectivity index (χ0) is 16.8. The van der Waals surface area contributed by atoms with Gasteiger partial charge in [-0.2, -0.15) is 0 Å². The molecule has 0 aliphatic carbocycles.